The molecule has 0 aliphatic carbocycles. The number of rotatable bonds is 7. The highest BCUT2D eigenvalue weighted by Gasteiger charge is 2.07. The smallest absolute Gasteiger partial charge is 0.251 e. The number of aryl methyl sites for hydroxylation is 3. The lowest BCUT2D eigenvalue weighted by Gasteiger charge is -2.05. The molecule has 0 aliphatic rings. The summed E-state index contributed by atoms with van der Waals surface area (Å²) >= 11 is 0. The third kappa shape index (κ3) is 4.35. The Balaban J connectivity index is 1.50. The van der Waals surface area contributed by atoms with Crippen LogP contribution in [0.4, 0.5) is 0 Å². The van der Waals surface area contributed by atoms with Gasteiger partial charge < -0.3 is 5.32 Å². The second-order valence-electron chi connectivity index (χ2n) is 6.04. The SMILES string of the molecule is CCn1cc(-c2ccc(C(=O)NCCCc3cnn(C)c3)cc2)cn1. The number of carbonyl (C=O) groups excluding carboxylic acids is 1. The maximum atomic E-state index is 12.2. The van der Waals surface area contributed by atoms with Crippen molar-refractivity contribution in [3.8, 4) is 11.1 Å². The van der Waals surface area contributed by atoms with Gasteiger partial charge in [-0.2, -0.15) is 10.2 Å². The molecule has 3 aromatic rings. The molecule has 1 amide bonds. The first-order chi connectivity index (χ1) is 12.2. The van der Waals surface area contributed by atoms with Crippen LogP contribution in [0.2, 0.25) is 0 Å². The molecular weight excluding hydrogens is 314 g/mol. The molecule has 6 heteroatoms. The Morgan fingerprint density at radius 3 is 2.52 bits per heavy atom. The molecule has 1 aromatic carbocycles. The van der Waals surface area contributed by atoms with Crippen LogP contribution in [-0.4, -0.2) is 32.0 Å². The number of carbonyl (C=O) groups is 1. The quantitative estimate of drug-likeness (QED) is 0.674. The van der Waals surface area contributed by atoms with Crippen molar-refractivity contribution in [1.29, 1.82) is 0 Å². The Hall–Kier alpha value is -2.89. The number of hydrogen-bond acceptors (Lipinski definition) is 3. The highest BCUT2D eigenvalue weighted by Crippen LogP contribution is 2.19. The van der Waals surface area contributed by atoms with Crippen molar-refractivity contribution in [3.05, 3.63) is 60.2 Å². The van der Waals surface area contributed by atoms with E-state index in [1.807, 2.05) is 60.8 Å². The number of nitrogens with one attached hydrogen (secondary N) is 1. The summed E-state index contributed by atoms with van der Waals surface area (Å²) in [5.41, 5.74) is 3.99. The summed E-state index contributed by atoms with van der Waals surface area (Å²) in [5.74, 6) is -0.0398. The van der Waals surface area contributed by atoms with Crippen LogP contribution in [0.25, 0.3) is 11.1 Å². The predicted octanol–water partition coefficient (Wildman–Crippen LogP) is 2.67. The van der Waals surface area contributed by atoms with E-state index in [1.54, 1.807) is 4.68 Å². The van der Waals surface area contributed by atoms with Crippen LogP contribution in [0.15, 0.2) is 49.1 Å². The summed E-state index contributed by atoms with van der Waals surface area (Å²) in [4.78, 5) is 12.2. The number of amides is 1. The molecule has 130 valence electrons. The van der Waals surface area contributed by atoms with Gasteiger partial charge in [0.2, 0.25) is 0 Å². The van der Waals surface area contributed by atoms with E-state index < -0.39 is 0 Å². The third-order valence-corrected chi connectivity index (χ3v) is 4.12. The zero-order valence-corrected chi connectivity index (χ0v) is 14.6. The van der Waals surface area contributed by atoms with Crippen molar-refractivity contribution >= 4 is 5.91 Å². The molecule has 0 saturated heterocycles. The summed E-state index contributed by atoms with van der Waals surface area (Å²) < 4.78 is 3.68. The average Bonchev–Trinajstić information content (AvgIpc) is 3.27. The van der Waals surface area contributed by atoms with E-state index >= 15 is 0 Å². The molecule has 1 N–H and O–H groups in total. The van der Waals surface area contributed by atoms with Crippen LogP contribution in [0.5, 0.6) is 0 Å². The van der Waals surface area contributed by atoms with Crippen molar-refractivity contribution in [2.45, 2.75) is 26.3 Å². The summed E-state index contributed by atoms with van der Waals surface area (Å²) in [6, 6.07) is 7.63. The molecule has 25 heavy (non-hydrogen) atoms. The molecule has 0 unspecified atom stereocenters. The Bertz CT molecular complexity index is 832. The second-order valence-corrected chi connectivity index (χ2v) is 6.04. The van der Waals surface area contributed by atoms with E-state index in [-0.39, 0.29) is 5.91 Å². The number of aromatic nitrogens is 4. The van der Waals surface area contributed by atoms with Gasteiger partial charge in [0.1, 0.15) is 0 Å². The van der Waals surface area contributed by atoms with E-state index in [1.165, 1.54) is 5.56 Å². The van der Waals surface area contributed by atoms with Gasteiger partial charge in [-0.1, -0.05) is 12.1 Å². The lowest BCUT2D eigenvalue weighted by Crippen LogP contribution is -2.24. The lowest BCUT2D eigenvalue weighted by atomic mass is 10.1. The molecule has 2 aromatic heterocycles. The number of nitrogens with zero attached hydrogens (tertiary/aromatic N) is 4. The average molecular weight is 337 g/mol. The lowest BCUT2D eigenvalue weighted by molar-refractivity contribution is 0.0953. The largest absolute Gasteiger partial charge is 0.352 e. The van der Waals surface area contributed by atoms with Crippen molar-refractivity contribution < 1.29 is 4.79 Å². The zero-order valence-electron chi connectivity index (χ0n) is 14.6. The van der Waals surface area contributed by atoms with Crippen molar-refractivity contribution in [2.75, 3.05) is 6.54 Å². The van der Waals surface area contributed by atoms with Crippen molar-refractivity contribution in [3.63, 3.8) is 0 Å². The van der Waals surface area contributed by atoms with Crippen molar-refractivity contribution in [1.82, 2.24) is 24.9 Å². The molecule has 0 saturated carbocycles. The topological polar surface area (TPSA) is 64.7 Å². The minimum absolute atomic E-state index is 0.0398. The van der Waals surface area contributed by atoms with Gasteiger partial charge >= 0.3 is 0 Å². The van der Waals surface area contributed by atoms with E-state index in [4.69, 9.17) is 0 Å². The molecule has 0 aliphatic heterocycles. The molecule has 0 fully saturated rings. The summed E-state index contributed by atoms with van der Waals surface area (Å²) in [6.07, 6.45) is 9.52. The van der Waals surface area contributed by atoms with Gasteiger partial charge in [0, 0.05) is 43.7 Å². The van der Waals surface area contributed by atoms with E-state index in [2.05, 4.69) is 22.4 Å². The third-order valence-electron chi connectivity index (χ3n) is 4.12. The first-order valence-corrected chi connectivity index (χ1v) is 8.54. The molecule has 0 spiro atoms. The fraction of sp³-hybridized carbons (Fsp3) is 0.316. The molecular formula is C19H23N5O. The summed E-state index contributed by atoms with van der Waals surface area (Å²) in [5, 5.41) is 11.4. The van der Waals surface area contributed by atoms with Gasteiger partial charge in [-0.3, -0.25) is 14.2 Å². The molecule has 2 heterocycles. The van der Waals surface area contributed by atoms with Gasteiger partial charge in [-0.05, 0) is 43.0 Å². The zero-order chi connectivity index (χ0) is 17.6. The summed E-state index contributed by atoms with van der Waals surface area (Å²) in [7, 11) is 1.90. The van der Waals surface area contributed by atoms with Crippen LogP contribution in [0.3, 0.4) is 0 Å². The maximum Gasteiger partial charge on any atom is 0.251 e. The summed E-state index contributed by atoms with van der Waals surface area (Å²) in [6.45, 7) is 3.55. The molecule has 6 nitrogen and oxygen atoms in total. The number of hydrogen-bond donors (Lipinski definition) is 1. The minimum atomic E-state index is -0.0398. The second kappa shape index (κ2) is 7.79. The maximum absolute atomic E-state index is 12.2. The Morgan fingerprint density at radius 1 is 1.08 bits per heavy atom. The van der Waals surface area contributed by atoms with E-state index in [0.717, 1.165) is 30.5 Å². The van der Waals surface area contributed by atoms with Crippen LogP contribution < -0.4 is 5.32 Å². The van der Waals surface area contributed by atoms with Crippen LogP contribution >= 0.6 is 0 Å². The van der Waals surface area contributed by atoms with Crippen LogP contribution in [-0.2, 0) is 20.0 Å². The molecule has 3 rings (SSSR count). The van der Waals surface area contributed by atoms with Crippen molar-refractivity contribution in [2.24, 2.45) is 7.05 Å². The first kappa shape index (κ1) is 17.0. The van der Waals surface area contributed by atoms with Gasteiger partial charge in [0.05, 0.1) is 12.4 Å². The fourth-order valence-corrected chi connectivity index (χ4v) is 2.70. The fourth-order valence-electron chi connectivity index (χ4n) is 2.70. The molecule has 0 atom stereocenters. The van der Waals surface area contributed by atoms with E-state index in [0.29, 0.717) is 12.1 Å². The van der Waals surface area contributed by atoms with Crippen LogP contribution in [0, 0.1) is 0 Å². The monoisotopic (exact) mass is 337 g/mol. The normalized spacial score (nSPS) is 10.8. The Labute approximate surface area is 147 Å². The number of benzene rings is 1. The molecule has 0 bridgehead atoms. The Kier molecular flexibility index (Phi) is 5.28. The van der Waals surface area contributed by atoms with E-state index in [9.17, 15) is 4.79 Å². The van der Waals surface area contributed by atoms with Gasteiger partial charge in [-0.15, -0.1) is 0 Å². The first-order valence-electron chi connectivity index (χ1n) is 8.54. The molecule has 0 radical (unpaired) electrons. The van der Waals surface area contributed by atoms with Gasteiger partial charge in [-0.25, -0.2) is 0 Å². The Morgan fingerprint density at radius 2 is 1.88 bits per heavy atom. The van der Waals surface area contributed by atoms with Gasteiger partial charge in [0.15, 0.2) is 0 Å². The highest BCUT2D eigenvalue weighted by atomic mass is 16.1. The highest BCUT2D eigenvalue weighted by molar-refractivity contribution is 5.94. The predicted molar refractivity (Wildman–Crippen MR) is 97.2 cm³/mol. The standard InChI is InChI=1S/C19H23N5O/c1-3-24-14-18(12-22-24)16-6-8-17(9-7-16)19(25)20-10-4-5-15-11-21-23(2)13-15/h6-9,11-14H,3-5,10H2,1-2H3,(H,20,25). The van der Waals surface area contributed by atoms with Gasteiger partial charge in [0.25, 0.3) is 5.91 Å². The van der Waals surface area contributed by atoms with Crippen LogP contribution in [0.1, 0.15) is 29.3 Å². The minimum Gasteiger partial charge on any atom is -0.352 e.